The lowest BCUT2D eigenvalue weighted by Crippen LogP contribution is -2.43. The topological polar surface area (TPSA) is 74.2 Å². The van der Waals surface area contributed by atoms with Crippen LogP contribution in [0.3, 0.4) is 0 Å². The number of carboxylic acid groups (broad SMARTS) is 1. The van der Waals surface area contributed by atoms with Crippen LogP contribution in [0.2, 0.25) is 5.02 Å². The summed E-state index contributed by atoms with van der Waals surface area (Å²) in [7, 11) is 3.49. The first kappa shape index (κ1) is 24.4. The molecular weight excluding hydrogens is 414 g/mol. The van der Waals surface area contributed by atoms with E-state index < -0.39 is 12.3 Å². The zero-order valence-corrected chi connectivity index (χ0v) is 19.2. The number of rotatable bonds is 11. The standard InChI is InChI=1S/C24H30ClN3O3/c1-5-7-22(19-8-6-9-20(15-19)23(29)30)28(3)24(31-4)27-16-26-13-12-18-11-10-17(2)14-21(18)25/h6-11,14-16,24H,5,12-13H2,1-4H3,(H,26,27)(H,29,30)/b22-7-. The molecule has 31 heavy (non-hydrogen) atoms. The maximum absolute atomic E-state index is 11.3. The van der Waals surface area contributed by atoms with E-state index in [4.69, 9.17) is 16.3 Å². The van der Waals surface area contributed by atoms with Gasteiger partial charge in [-0.05, 0) is 54.7 Å². The van der Waals surface area contributed by atoms with Gasteiger partial charge in [-0.15, -0.1) is 0 Å². The van der Waals surface area contributed by atoms with E-state index in [2.05, 4.69) is 10.3 Å². The largest absolute Gasteiger partial charge is 0.478 e. The van der Waals surface area contributed by atoms with Crippen molar-refractivity contribution in [1.29, 1.82) is 0 Å². The molecule has 2 N–H and O–H groups in total. The Morgan fingerprint density at radius 2 is 2.03 bits per heavy atom. The van der Waals surface area contributed by atoms with Gasteiger partial charge in [-0.2, -0.15) is 0 Å². The molecule has 0 saturated carbocycles. The summed E-state index contributed by atoms with van der Waals surface area (Å²) in [6.07, 6.45) is 4.72. The molecular formula is C24H30ClN3O3. The van der Waals surface area contributed by atoms with Gasteiger partial charge in [-0.3, -0.25) is 4.99 Å². The van der Waals surface area contributed by atoms with Crippen LogP contribution in [-0.4, -0.2) is 49.4 Å². The van der Waals surface area contributed by atoms with Crippen molar-refractivity contribution in [3.8, 4) is 0 Å². The number of hydrogen-bond acceptors (Lipinski definition) is 4. The summed E-state index contributed by atoms with van der Waals surface area (Å²) in [5, 5.41) is 13.2. The Bertz CT molecular complexity index is 943. The smallest absolute Gasteiger partial charge is 0.335 e. The molecule has 0 bridgehead atoms. The van der Waals surface area contributed by atoms with Gasteiger partial charge >= 0.3 is 5.97 Å². The Balaban J connectivity index is 2.03. The molecule has 6 nitrogen and oxygen atoms in total. The molecule has 1 unspecified atom stereocenters. The van der Waals surface area contributed by atoms with Crippen molar-refractivity contribution < 1.29 is 14.6 Å². The van der Waals surface area contributed by atoms with Crippen LogP contribution in [-0.2, 0) is 11.2 Å². The monoisotopic (exact) mass is 443 g/mol. The fourth-order valence-electron chi connectivity index (χ4n) is 3.16. The van der Waals surface area contributed by atoms with E-state index >= 15 is 0 Å². The molecule has 0 spiro atoms. The van der Waals surface area contributed by atoms with Gasteiger partial charge in [-0.25, -0.2) is 4.79 Å². The Labute approximate surface area is 189 Å². The minimum atomic E-state index is -0.956. The number of benzene rings is 2. The molecule has 0 amide bonds. The summed E-state index contributed by atoms with van der Waals surface area (Å²) >= 11 is 6.27. The van der Waals surface area contributed by atoms with Crippen LogP contribution in [0.1, 0.15) is 40.4 Å². The van der Waals surface area contributed by atoms with Gasteiger partial charge < -0.3 is 20.1 Å². The van der Waals surface area contributed by atoms with Crippen LogP contribution >= 0.6 is 11.6 Å². The van der Waals surface area contributed by atoms with Gasteiger partial charge in [0.15, 0.2) is 0 Å². The molecule has 0 aliphatic heterocycles. The highest BCUT2D eigenvalue weighted by molar-refractivity contribution is 6.31. The lowest BCUT2D eigenvalue weighted by molar-refractivity contribution is 0.00377. The molecule has 0 saturated heterocycles. The van der Waals surface area contributed by atoms with Gasteiger partial charge in [0.25, 0.3) is 0 Å². The third-order valence-electron chi connectivity index (χ3n) is 4.78. The van der Waals surface area contributed by atoms with Crippen molar-refractivity contribution in [2.24, 2.45) is 4.99 Å². The number of carboxylic acids is 1. The van der Waals surface area contributed by atoms with Gasteiger partial charge in [-0.1, -0.05) is 48.9 Å². The molecule has 2 rings (SSSR count). The SMILES string of the molecule is CC/C=C(/c1cccc(C(=O)O)c1)N(C)C(NC=NCCc1ccc(C)cc1Cl)OC. The molecule has 0 aromatic heterocycles. The van der Waals surface area contributed by atoms with Crippen molar-refractivity contribution in [3.05, 3.63) is 75.8 Å². The van der Waals surface area contributed by atoms with E-state index in [0.29, 0.717) is 6.54 Å². The highest BCUT2D eigenvalue weighted by atomic mass is 35.5. The Morgan fingerprint density at radius 3 is 2.68 bits per heavy atom. The van der Waals surface area contributed by atoms with Crippen molar-refractivity contribution in [2.75, 3.05) is 20.7 Å². The first-order valence-electron chi connectivity index (χ1n) is 10.2. The Kier molecular flexibility index (Phi) is 9.56. The molecule has 0 aliphatic carbocycles. The van der Waals surface area contributed by atoms with Crippen molar-refractivity contribution >= 4 is 29.6 Å². The highest BCUT2D eigenvalue weighted by Gasteiger charge is 2.17. The lowest BCUT2D eigenvalue weighted by atomic mass is 10.1. The van der Waals surface area contributed by atoms with E-state index in [0.717, 1.165) is 40.3 Å². The quantitative estimate of drug-likeness (QED) is 0.296. The number of halogens is 1. The summed E-state index contributed by atoms with van der Waals surface area (Å²) in [5.41, 5.74) is 4.11. The Morgan fingerprint density at radius 1 is 1.29 bits per heavy atom. The molecule has 0 radical (unpaired) electrons. The van der Waals surface area contributed by atoms with E-state index in [9.17, 15) is 9.90 Å². The van der Waals surface area contributed by atoms with E-state index in [1.807, 2.05) is 56.1 Å². The van der Waals surface area contributed by atoms with Crippen molar-refractivity contribution in [1.82, 2.24) is 10.2 Å². The van der Waals surface area contributed by atoms with Gasteiger partial charge in [0.1, 0.15) is 0 Å². The van der Waals surface area contributed by atoms with Crippen LogP contribution in [0.25, 0.3) is 5.70 Å². The van der Waals surface area contributed by atoms with E-state index in [1.165, 1.54) is 0 Å². The number of nitrogens with zero attached hydrogens (tertiary/aromatic N) is 2. The van der Waals surface area contributed by atoms with Crippen LogP contribution in [0, 0.1) is 6.92 Å². The van der Waals surface area contributed by atoms with Crippen molar-refractivity contribution in [3.63, 3.8) is 0 Å². The average molecular weight is 444 g/mol. The van der Waals surface area contributed by atoms with Gasteiger partial charge in [0.05, 0.1) is 11.9 Å². The third-order valence-corrected chi connectivity index (χ3v) is 5.14. The maximum Gasteiger partial charge on any atom is 0.335 e. The minimum Gasteiger partial charge on any atom is -0.478 e. The average Bonchev–Trinajstić information content (AvgIpc) is 2.75. The van der Waals surface area contributed by atoms with E-state index in [-0.39, 0.29) is 5.56 Å². The number of ether oxygens (including phenoxy) is 1. The van der Waals surface area contributed by atoms with Crippen LogP contribution in [0.15, 0.2) is 53.5 Å². The number of nitrogens with one attached hydrogen (secondary N) is 1. The predicted octanol–water partition coefficient (Wildman–Crippen LogP) is 4.82. The lowest BCUT2D eigenvalue weighted by Gasteiger charge is -2.31. The summed E-state index contributed by atoms with van der Waals surface area (Å²) < 4.78 is 5.58. The number of methoxy groups -OCH3 is 1. The fraction of sp³-hybridized carbons (Fsp3) is 0.333. The number of hydrogen-bond donors (Lipinski definition) is 2. The Hall–Kier alpha value is -2.83. The molecule has 2 aromatic carbocycles. The summed E-state index contributed by atoms with van der Waals surface area (Å²) in [6, 6.07) is 12.9. The second-order valence-electron chi connectivity index (χ2n) is 7.13. The predicted molar refractivity (Wildman–Crippen MR) is 127 cm³/mol. The van der Waals surface area contributed by atoms with Gasteiger partial charge in [0, 0.05) is 31.4 Å². The third kappa shape index (κ3) is 7.12. The molecule has 0 fully saturated rings. The maximum atomic E-state index is 11.3. The minimum absolute atomic E-state index is 0.242. The first-order chi connectivity index (χ1) is 14.9. The van der Waals surface area contributed by atoms with Crippen LogP contribution in [0.4, 0.5) is 0 Å². The molecule has 2 aromatic rings. The number of carbonyl (C=O) groups is 1. The molecule has 7 heteroatoms. The second kappa shape index (κ2) is 12.1. The molecule has 0 heterocycles. The molecule has 1 atom stereocenters. The number of allylic oxidation sites excluding steroid dienone is 1. The summed E-state index contributed by atoms with van der Waals surface area (Å²) in [4.78, 5) is 17.7. The van der Waals surface area contributed by atoms with Crippen LogP contribution in [0.5, 0.6) is 0 Å². The van der Waals surface area contributed by atoms with Crippen LogP contribution < -0.4 is 5.32 Å². The zero-order valence-electron chi connectivity index (χ0n) is 18.4. The normalized spacial score (nSPS) is 12.7. The zero-order chi connectivity index (χ0) is 22.8. The van der Waals surface area contributed by atoms with Crippen molar-refractivity contribution in [2.45, 2.75) is 33.0 Å². The molecule has 166 valence electrons. The van der Waals surface area contributed by atoms with Gasteiger partial charge in [0.2, 0.25) is 6.35 Å². The summed E-state index contributed by atoms with van der Waals surface area (Å²) in [5.74, 6) is -0.956. The number of aryl methyl sites for hydroxylation is 1. The fourth-order valence-corrected chi connectivity index (χ4v) is 3.49. The number of aliphatic imine (C=N–C) groups is 1. The molecule has 0 aliphatic rings. The number of aromatic carboxylic acids is 1. The van der Waals surface area contributed by atoms with E-state index in [1.54, 1.807) is 31.6 Å². The first-order valence-corrected chi connectivity index (χ1v) is 10.5. The summed E-state index contributed by atoms with van der Waals surface area (Å²) in [6.45, 7) is 4.63. The second-order valence-corrected chi connectivity index (χ2v) is 7.54. The highest BCUT2D eigenvalue weighted by Crippen LogP contribution is 2.22.